The summed E-state index contributed by atoms with van der Waals surface area (Å²) in [6.07, 6.45) is 4.38. The van der Waals surface area contributed by atoms with Crippen LogP contribution in [0, 0.1) is 0 Å². The van der Waals surface area contributed by atoms with Crippen LogP contribution in [0.25, 0.3) is 11.1 Å². The molecule has 2 aromatic rings. The van der Waals surface area contributed by atoms with Gasteiger partial charge in [0.2, 0.25) is 0 Å². The number of aromatic nitrogens is 2. The van der Waals surface area contributed by atoms with Gasteiger partial charge in [0.25, 0.3) is 0 Å². The number of benzene rings is 1. The molecule has 1 unspecified atom stereocenters. The van der Waals surface area contributed by atoms with Crippen molar-refractivity contribution in [3.05, 3.63) is 41.7 Å². The number of hydrogen-bond donors (Lipinski definition) is 0. The minimum Gasteiger partial charge on any atom is -0.297 e. The number of rotatable bonds is 4. The zero-order valence-corrected chi connectivity index (χ0v) is 13.5. The minimum atomic E-state index is 0.0458. The monoisotopic (exact) mass is 297 g/mol. The van der Waals surface area contributed by atoms with Gasteiger partial charge in [-0.05, 0) is 44.0 Å². The Morgan fingerprint density at radius 1 is 1.18 bits per heavy atom. The Balaban J connectivity index is 1.87. The van der Waals surface area contributed by atoms with Crippen LogP contribution in [-0.2, 0) is 7.05 Å². The van der Waals surface area contributed by atoms with E-state index < -0.39 is 0 Å². The molecule has 0 amide bonds. The van der Waals surface area contributed by atoms with Gasteiger partial charge in [0.05, 0.1) is 6.20 Å². The molecule has 0 bridgehead atoms. The Morgan fingerprint density at radius 3 is 2.41 bits per heavy atom. The number of hydrogen-bond acceptors (Lipinski definition) is 3. The van der Waals surface area contributed by atoms with Gasteiger partial charge in [-0.3, -0.25) is 14.4 Å². The number of ketones is 1. The zero-order chi connectivity index (χ0) is 15.7. The molecule has 4 nitrogen and oxygen atoms in total. The molecule has 0 saturated carbocycles. The van der Waals surface area contributed by atoms with Crippen molar-refractivity contribution in [2.75, 3.05) is 13.1 Å². The summed E-state index contributed by atoms with van der Waals surface area (Å²) in [5.41, 5.74) is 3.96. The van der Waals surface area contributed by atoms with E-state index in [4.69, 9.17) is 0 Å². The molecule has 1 aromatic carbocycles. The summed E-state index contributed by atoms with van der Waals surface area (Å²) in [4.78, 5) is 14.3. The molecule has 1 aliphatic rings. The number of aryl methyl sites for hydroxylation is 1. The predicted molar refractivity (Wildman–Crippen MR) is 87.9 cm³/mol. The highest BCUT2D eigenvalue weighted by Crippen LogP contribution is 2.28. The fourth-order valence-corrected chi connectivity index (χ4v) is 3.35. The fraction of sp³-hybridized carbons (Fsp3) is 0.444. The summed E-state index contributed by atoms with van der Waals surface area (Å²) in [6.45, 7) is 6.25. The average molecular weight is 297 g/mol. The lowest BCUT2D eigenvalue weighted by Gasteiger charge is -2.24. The zero-order valence-electron chi connectivity index (χ0n) is 13.5. The lowest BCUT2D eigenvalue weighted by molar-refractivity contribution is 0.100. The quantitative estimate of drug-likeness (QED) is 0.811. The highest BCUT2D eigenvalue weighted by Gasteiger charge is 2.20. The van der Waals surface area contributed by atoms with Gasteiger partial charge < -0.3 is 0 Å². The summed E-state index contributed by atoms with van der Waals surface area (Å²) in [5, 5.41) is 4.22. The van der Waals surface area contributed by atoms with Crippen molar-refractivity contribution in [2.45, 2.75) is 32.7 Å². The number of nitrogens with zero attached hydrogens (tertiary/aromatic N) is 3. The molecule has 1 aromatic heterocycles. The van der Waals surface area contributed by atoms with E-state index in [9.17, 15) is 4.79 Å². The lowest BCUT2D eigenvalue weighted by Crippen LogP contribution is -2.23. The van der Waals surface area contributed by atoms with Crippen molar-refractivity contribution < 1.29 is 4.79 Å². The highest BCUT2D eigenvalue weighted by molar-refractivity contribution is 5.99. The van der Waals surface area contributed by atoms with Crippen LogP contribution in [0.3, 0.4) is 0 Å². The van der Waals surface area contributed by atoms with Crippen molar-refractivity contribution in [3.8, 4) is 11.1 Å². The molecule has 1 aliphatic heterocycles. The normalized spacial score (nSPS) is 16.9. The van der Waals surface area contributed by atoms with Crippen molar-refractivity contribution in [2.24, 2.45) is 7.05 Å². The van der Waals surface area contributed by atoms with Crippen LogP contribution in [0.2, 0.25) is 0 Å². The van der Waals surface area contributed by atoms with Crippen molar-refractivity contribution >= 4 is 5.78 Å². The molecule has 2 heterocycles. The Kier molecular flexibility index (Phi) is 4.12. The second-order valence-corrected chi connectivity index (χ2v) is 6.13. The van der Waals surface area contributed by atoms with E-state index in [0.29, 0.717) is 11.7 Å². The van der Waals surface area contributed by atoms with Crippen LogP contribution in [0.4, 0.5) is 0 Å². The number of likely N-dealkylation sites (tertiary alicyclic amines) is 1. The summed E-state index contributed by atoms with van der Waals surface area (Å²) in [5.74, 6) is 0.0458. The van der Waals surface area contributed by atoms with Gasteiger partial charge in [-0.1, -0.05) is 24.3 Å². The first-order valence-electron chi connectivity index (χ1n) is 7.95. The summed E-state index contributed by atoms with van der Waals surface area (Å²) in [6, 6.07) is 9.01. The third-order valence-corrected chi connectivity index (χ3v) is 4.66. The van der Waals surface area contributed by atoms with Crippen LogP contribution in [0.5, 0.6) is 0 Å². The molecule has 0 aliphatic carbocycles. The van der Waals surface area contributed by atoms with Crippen molar-refractivity contribution in [1.82, 2.24) is 14.7 Å². The average Bonchev–Trinajstić information content (AvgIpc) is 3.16. The van der Waals surface area contributed by atoms with Gasteiger partial charge in [-0.15, -0.1) is 0 Å². The molecule has 0 radical (unpaired) electrons. The summed E-state index contributed by atoms with van der Waals surface area (Å²) >= 11 is 0. The third-order valence-electron chi connectivity index (χ3n) is 4.66. The Bertz CT molecular complexity index is 666. The first-order chi connectivity index (χ1) is 10.6. The van der Waals surface area contributed by atoms with E-state index in [1.807, 2.05) is 7.05 Å². The first-order valence-corrected chi connectivity index (χ1v) is 7.95. The maximum absolute atomic E-state index is 11.8. The van der Waals surface area contributed by atoms with Gasteiger partial charge in [0, 0.05) is 25.6 Å². The van der Waals surface area contributed by atoms with E-state index >= 15 is 0 Å². The number of carbonyl (C=O) groups is 1. The van der Waals surface area contributed by atoms with Crippen LogP contribution in [-0.4, -0.2) is 33.6 Å². The number of carbonyl (C=O) groups excluding carboxylic acids is 1. The van der Waals surface area contributed by atoms with Gasteiger partial charge in [-0.2, -0.15) is 5.10 Å². The Hall–Kier alpha value is -1.94. The van der Waals surface area contributed by atoms with Gasteiger partial charge >= 0.3 is 0 Å². The van der Waals surface area contributed by atoms with E-state index in [2.05, 4.69) is 41.2 Å². The highest BCUT2D eigenvalue weighted by atomic mass is 16.1. The van der Waals surface area contributed by atoms with E-state index in [0.717, 1.165) is 11.1 Å². The van der Waals surface area contributed by atoms with Crippen molar-refractivity contribution in [1.29, 1.82) is 0 Å². The second kappa shape index (κ2) is 6.05. The SMILES string of the molecule is CC(=O)c1c(-c2ccc(C(C)N3CCCC3)cc2)cnn1C. The van der Waals surface area contributed by atoms with Crippen LogP contribution in [0.15, 0.2) is 30.5 Å². The number of Topliss-reactive ketones (excluding diaryl/α,β-unsaturated/α-hetero) is 1. The summed E-state index contributed by atoms with van der Waals surface area (Å²) < 4.78 is 1.65. The molecule has 3 rings (SSSR count). The topological polar surface area (TPSA) is 38.1 Å². The van der Waals surface area contributed by atoms with Gasteiger partial charge in [0.15, 0.2) is 5.78 Å². The van der Waals surface area contributed by atoms with Crippen LogP contribution < -0.4 is 0 Å². The molecule has 1 fully saturated rings. The first kappa shape index (κ1) is 15.0. The molecule has 0 spiro atoms. The van der Waals surface area contributed by atoms with E-state index in [-0.39, 0.29) is 5.78 Å². The molecule has 0 N–H and O–H groups in total. The molecule has 116 valence electrons. The smallest absolute Gasteiger partial charge is 0.178 e. The Labute approximate surface area is 131 Å². The standard InChI is InChI=1S/C18H23N3O/c1-13(21-10-4-5-11-21)15-6-8-16(9-7-15)17-12-19-20(3)18(17)14(2)22/h6-9,12-13H,4-5,10-11H2,1-3H3. The molecule has 4 heteroatoms. The second-order valence-electron chi connectivity index (χ2n) is 6.13. The van der Waals surface area contributed by atoms with E-state index in [1.165, 1.54) is 31.5 Å². The largest absolute Gasteiger partial charge is 0.297 e. The van der Waals surface area contributed by atoms with Crippen molar-refractivity contribution in [3.63, 3.8) is 0 Å². The van der Waals surface area contributed by atoms with Gasteiger partial charge in [-0.25, -0.2) is 0 Å². The molecule has 1 saturated heterocycles. The lowest BCUT2D eigenvalue weighted by atomic mass is 10.0. The van der Waals surface area contributed by atoms with Crippen LogP contribution in [0.1, 0.15) is 48.8 Å². The maximum atomic E-state index is 11.8. The van der Waals surface area contributed by atoms with Gasteiger partial charge in [0.1, 0.15) is 5.69 Å². The Morgan fingerprint density at radius 2 is 1.82 bits per heavy atom. The fourth-order valence-electron chi connectivity index (χ4n) is 3.35. The van der Waals surface area contributed by atoms with Crippen LogP contribution >= 0.6 is 0 Å². The van der Waals surface area contributed by atoms with E-state index in [1.54, 1.807) is 17.8 Å². The third kappa shape index (κ3) is 2.71. The molecular weight excluding hydrogens is 274 g/mol. The minimum absolute atomic E-state index is 0.0458. The predicted octanol–water partition coefficient (Wildman–Crippen LogP) is 3.45. The molecule has 22 heavy (non-hydrogen) atoms. The summed E-state index contributed by atoms with van der Waals surface area (Å²) in [7, 11) is 1.81. The maximum Gasteiger partial charge on any atom is 0.178 e. The molecular formula is C18H23N3O. The molecule has 1 atom stereocenters.